The third kappa shape index (κ3) is 5.88. The van der Waals surface area contributed by atoms with Crippen molar-refractivity contribution in [3.8, 4) is 11.5 Å². The summed E-state index contributed by atoms with van der Waals surface area (Å²) in [6.07, 6.45) is 1.54. The van der Waals surface area contributed by atoms with E-state index in [9.17, 15) is 14.4 Å². The van der Waals surface area contributed by atoms with Gasteiger partial charge >= 0.3 is 6.03 Å². The number of carbonyl (C=O) groups is 3. The molecule has 0 aliphatic carbocycles. The molecular weight excluding hydrogens is 642 g/mol. The van der Waals surface area contributed by atoms with Crippen LogP contribution in [0.4, 0.5) is 10.5 Å². The first-order valence-electron chi connectivity index (χ1n) is 12.2. The highest BCUT2D eigenvalue weighted by molar-refractivity contribution is 9.11. The lowest BCUT2D eigenvalue weighted by Gasteiger charge is -2.14. The number of hydrogen-bond acceptors (Lipinski definition) is 5. The Hall–Kier alpha value is -4.15. The lowest BCUT2D eigenvalue weighted by atomic mass is 10.1. The number of methoxy groups -OCH3 is 1. The largest absolute Gasteiger partial charge is 0.495 e. The highest BCUT2D eigenvalue weighted by atomic mass is 79.9. The minimum atomic E-state index is -0.681. The summed E-state index contributed by atoms with van der Waals surface area (Å²) in [5.74, 6) is -0.0722. The lowest BCUT2D eigenvalue weighted by molar-refractivity contribution is -0.127. The molecule has 0 aromatic heterocycles. The standard InChI is InChI=1S/C30H23Br2N3O5/c1-39-26-12-5-4-11-24(26)33-27(36)16-35-29(37)25(34-30(35)38)15-18-13-22(31)28(23(32)14-18)40-17-20-9-6-8-19-7-2-3-10-21(19)20/h2-15H,16-17H2,1H3,(H,33,36)(H,34,38)/b25-15+. The number of benzene rings is 4. The normalized spacial score (nSPS) is 14.0. The fourth-order valence-corrected chi connectivity index (χ4v) is 5.78. The number of hydrogen-bond donors (Lipinski definition) is 2. The molecule has 0 atom stereocenters. The molecule has 1 fully saturated rings. The number of urea groups is 1. The first kappa shape index (κ1) is 27.4. The van der Waals surface area contributed by atoms with Crippen LogP contribution in [0, 0.1) is 0 Å². The van der Waals surface area contributed by atoms with Gasteiger partial charge in [-0.3, -0.25) is 9.59 Å². The molecular formula is C30H23Br2N3O5. The van der Waals surface area contributed by atoms with Crippen molar-refractivity contribution >= 4 is 72.2 Å². The molecule has 0 spiro atoms. The predicted molar refractivity (Wildman–Crippen MR) is 160 cm³/mol. The molecule has 1 aliphatic rings. The zero-order valence-electron chi connectivity index (χ0n) is 21.2. The number of nitrogens with zero attached hydrogens (tertiary/aromatic N) is 1. The Labute approximate surface area is 247 Å². The fourth-order valence-electron chi connectivity index (χ4n) is 4.33. The van der Waals surface area contributed by atoms with Gasteiger partial charge in [0.25, 0.3) is 5.91 Å². The Morgan fingerprint density at radius 1 is 0.975 bits per heavy atom. The second-order valence-corrected chi connectivity index (χ2v) is 10.6. The zero-order valence-corrected chi connectivity index (χ0v) is 24.4. The second-order valence-electron chi connectivity index (χ2n) is 8.87. The summed E-state index contributed by atoms with van der Waals surface area (Å²) in [6, 6.07) is 24.0. The van der Waals surface area contributed by atoms with Crippen molar-refractivity contribution in [1.29, 1.82) is 0 Å². The molecule has 10 heteroatoms. The molecule has 5 rings (SSSR count). The highest BCUT2D eigenvalue weighted by Gasteiger charge is 2.35. The SMILES string of the molecule is COc1ccccc1NC(=O)CN1C(=O)N/C(=C/c2cc(Br)c(OCc3cccc4ccccc34)c(Br)c2)C1=O. The van der Waals surface area contributed by atoms with Crippen molar-refractivity contribution in [2.75, 3.05) is 19.0 Å². The number of para-hydroxylation sites is 2. The van der Waals surface area contributed by atoms with Crippen LogP contribution in [0.15, 0.2) is 93.5 Å². The van der Waals surface area contributed by atoms with Crippen LogP contribution in [-0.2, 0) is 16.2 Å². The van der Waals surface area contributed by atoms with Gasteiger partial charge in [-0.1, -0.05) is 54.6 Å². The Morgan fingerprint density at radius 2 is 1.68 bits per heavy atom. The van der Waals surface area contributed by atoms with Crippen LogP contribution in [0.2, 0.25) is 0 Å². The van der Waals surface area contributed by atoms with E-state index < -0.39 is 24.4 Å². The van der Waals surface area contributed by atoms with E-state index in [1.54, 1.807) is 42.5 Å². The molecule has 2 N–H and O–H groups in total. The Balaban J connectivity index is 1.28. The second kappa shape index (κ2) is 11.9. The van der Waals surface area contributed by atoms with Gasteiger partial charge in [0.15, 0.2) is 0 Å². The van der Waals surface area contributed by atoms with Crippen LogP contribution in [0.1, 0.15) is 11.1 Å². The Morgan fingerprint density at radius 3 is 2.45 bits per heavy atom. The number of rotatable bonds is 8. The lowest BCUT2D eigenvalue weighted by Crippen LogP contribution is -2.38. The average Bonchev–Trinajstić information content (AvgIpc) is 3.20. The van der Waals surface area contributed by atoms with E-state index in [4.69, 9.17) is 9.47 Å². The van der Waals surface area contributed by atoms with Crippen LogP contribution >= 0.6 is 31.9 Å². The van der Waals surface area contributed by atoms with E-state index in [2.05, 4.69) is 60.7 Å². The molecule has 0 radical (unpaired) electrons. The third-order valence-electron chi connectivity index (χ3n) is 6.23. The van der Waals surface area contributed by atoms with E-state index in [-0.39, 0.29) is 5.70 Å². The van der Waals surface area contributed by atoms with Gasteiger partial charge in [-0.15, -0.1) is 0 Å². The van der Waals surface area contributed by atoms with E-state index in [0.717, 1.165) is 21.2 Å². The quantitative estimate of drug-likeness (QED) is 0.166. The van der Waals surface area contributed by atoms with Crippen molar-refractivity contribution in [3.05, 3.63) is 105 Å². The number of halogens is 2. The van der Waals surface area contributed by atoms with Crippen LogP contribution in [-0.4, -0.2) is 36.4 Å². The summed E-state index contributed by atoms with van der Waals surface area (Å²) >= 11 is 7.11. The van der Waals surface area contributed by atoms with Crippen LogP contribution in [0.25, 0.3) is 16.8 Å². The van der Waals surface area contributed by atoms with Gasteiger partial charge in [-0.2, -0.15) is 0 Å². The van der Waals surface area contributed by atoms with Crippen molar-refractivity contribution in [3.63, 3.8) is 0 Å². The van der Waals surface area contributed by atoms with Gasteiger partial charge in [0.2, 0.25) is 5.91 Å². The molecule has 40 heavy (non-hydrogen) atoms. The Bertz CT molecular complexity index is 1640. The maximum atomic E-state index is 13.0. The van der Waals surface area contributed by atoms with Crippen molar-refractivity contribution in [2.45, 2.75) is 6.61 Å². The van der Waals surface area contributed by atoms with Crippen molar-refractivity contribution < 1.29 is 23.9 Å². The summed E-state index contributed by atoms with van der Waals surface area (Å²) in [7, 11) is 1.49. The summed E-state index contributed by atoms with van der Waals surface area (Å²) in [6.45, 7) is -0.0895. The molecule has 4 aromatic rings. The van der Waals surface area contributed by atoms with Crippen LogP contribution < -0.4 is 20.1 Å². The van der Waals surface area contributed by atoms with Crippen LogP contribution in [0.3, 0.4) is 0 Å². The molecule has 202 valence electrons. The third-order valence-corrected chi connectivity index (χ3v) is 7.41. The van der Waals surface area contributed by atoms with E-state index in [1.165, 1.54) is 7.11 Å². The van der Waals surface area contributed by atoms with Crippen molar-refractivity contribution in [1.82, 2.24) is 10.2 Å². The minimum absolute atomic E-state index is 0.0540. The van der Waals surface area contributed by atoms with Crippen LogP contribution in [0.5, 0.6) is 11.5 Å². The number of anilines is 1. The smallest absolute Gasteiger partial charge is 0.329 e. The van der Waals surface area contributed by atoms with Crippen molar-refractivity contribution in [2.24, 2.45) is 0 Å². The topological polar surface area (TPSA) is 97.0 Å². The van der Waals surface area contributed by atoms with E-state index in [0.29, 0.717) is 38.3 Å². The number of imide groups is 1. The molecule has 0 unspecified atom stereocenters. The van der Waals surface area contributed by atoms with Gasteiger partial charge in [0.1, 0.15) is 30.3 Å². The molecule has 4 aromatic carbocycles. The van der Waals surface area contributed by atoms with Gasteiger partial charge in [-0.25, -0.2) is 9.69 Å². The van der Waals surface area contributed by atoms with Gasteiger partial charge in [0.05, 0.1) is 21.7 Å². The van der Waals surface area contributed by atoms with E-state index in [1.807, 2.05) is 24.3 Å². The molecule has 4 amide bonds. The molecule has 1 saturated heterocycles. The molecule has 1 heterocycles. The number of ether oxygens (including phenoxy) is 2. The summed E-state index contributed by atoms with van der Waals surface area (Å²) in [5, 5.41) is 7.47. The zero-order chi connectivity index (χ0) is 28.2. The number of fused-ring (bicyclic) bond motifs is 1. The molecule has 1 aliphatic heterocycles. The maximum absolute atomic E-state index is 13.0. The maximum Gasteiger partial charge on any atom is 0.329 e. The summed E-state index contributed by atoms with van der Waals surface area (Å²) in [5.41, 5.74) is 2.19. The predicted octanol–water partition coefficient (Wildman–Crippen LogP) is 6.48. The average molecular weight is 665 g/mol. The first-order valence-corrected chi connectivity index (χ1v) is 13.8. The van der Waals surface area contributed by atoms with Gasteiger partial charge < -0.3 is 20.1 Å². The number of amides is 4. The molecule has 0 bridgehead atoms. The number of carbonyl (C=O) groups excluding carboxylic acids is 3. The minimum Gasteiger partial charge on any atom is -0.495 e. The first-order chi connectivity index (χ1) is 19.3. The van der Waals surface area contributed by atoms with Gasteiger partial charge in [0, 0.05) is 0 Å². The number of nitrogens with one attached hydrogen (secondary N) is 2. The summed E-state index contributed by atoms with van der Waals surface area (Å²) in [4.78, 5) is 38.9. The molecule has 0 saturated carbocycles. The summed E-state index contributed by atoms with van der Waals surface area (Å²) < 4.78 is 12.7. The van der Waals surface area contributed by atoms with E-state index >= 15 is 0 Å². The highest BCUT2D eigenvalue weighted by Crippen LogP contribution is 2.36. The Kier molecular flexibility index (Phi) is 8.18. The van der Waals surface area contributed by atoms with Gasteiger partial charge in [-0.05, 0) is 84.1 Å². The molecule has 8 nitrogen and oxygen atoms in total. The monoisotopic (exact) mass is 663 g/mol. The fraction of sp³-hybridized carbons (Fsp3) is 0.100.